The van der Waals surface area contributed by atoms with Crippen molar-refractivity contribution in [1.29, 1.82) is 0 Å². The van der Waals surface area contributed by atoms with Crippen molar-refractivity contribution < 1.29 is 14.3 Å². The zero-order chi connectivity index (χ0) is 17.9. The molecule has 0 radical (unpaired) electrons. The third-order valence-corrected chi connectivity index (χ3v) is 5.03. The van der Waals surface area contributed by atoms with Gasteiger partial charge in [0, 0.05) is 17.3 Å². The van der Waals surface area contributed by atoms with Gasteiger partial charge < -0.3 is 19.7 Å². The van der Waals surface area contributed by atoms with Gasteiger partial charge in [0.05, 0.1) is 31.4 Å². The van der Waals surface area contributed by atoms with Gasteiger partial charge in [0.15, 0.2) is 5.11 Å². The molecule has 0 bridgehead atoms. The highest BCUT2D eigenvalue weighted by Crippen LogP contribution is 2.35. The Labute approximate surface area is 156 Å². The average Bonchev–Trinajstić information content (AvgIpc) is 2.54. The average molecular weight is 413 g/mol. The number of ether oxygens (including phenoxy) is 2. The van der Waals surface area contributed by atoms with E-state index in [1.54, 1.807) is 7.11 Å². The maximum Gasteiger partial charge on any atom is 0.337 e. The lowest BCUT2D eigenvalue weighted by Gasteiger charge is -2.40. The summed E-state index contributed by atoms with van der Waals surface area (Å²) in [7, 11) is 3.02. The number of halogens is 1. The van der Waals surface area contributed by atoms with E-state index >= 15 is 0 Å². The predicted molar refractivity (Wildman–Crippen MR) is 101 cm³/mol. The van der Waals surface area contributed by atoms with E-state index in [9.17, 15) is 4.79 Å². The number of nitrogens with zero attached hydrogens (tertiary/aromatic N) is 1. The minimum atomic E-state index is -0.377. The molecule has 0 saturated carbocycles. The molecule has 0 aliphatic carbocycles. The first-order valence-corrected chi connectivity index (χ1v) is 8.74. The Bertz CT molecular complexity index is 678. The summed E-state index contributed by atoms with van der Waals surface area (Å²) >= 11 is 9.10. The molecule has 0 unspecified atom stereocenters. The highest BCUT2D eigenvalue weighted by Gasteiger charge is 2.36. The molecular formula is C17H21BrN2O3S. The van der Waals surface area contributed by atoms with Gasteiger partial charge in [0.2, 0.25) is 0 Å². The first kappa shape index (κ1) is 18.9. The molecule has 1 aliphatic heterocycles. The lowest BCUT2D eigenvalue weighted by Crippen LogP contribution is -2.52. The van der Waals surface area contributed by atoms with Crippen molar-refractivity contribution in [3.05, 3.63) is 45.6 Å². The molecule has 24 heavy (non-hydrogen) atoms. The molecule has 0 amide bonds. The van der Waals surface area contributed by atoms with Gasteiger partial charge in [0.25, 0.3) is 0 Å². The Hall–Kier alpha value is -1.44. The Balaban J connectivity index is 2.56. The van der Waals surface area contributed by atoms with Gasteiger partial charge >= 0.3 is 5.97 Å². The molecule has 7 heteroatoms. The van der Waals surface area contributed by atoms with Gasteiger partial charge in [-0.1, -0.05) is 34.1 Å². The number of carbonyl (C=O) groups is 1. The third-order valence-electron chi connectivity index (χ3n) is 4.00. The maximum absolute atomic E-state index is 12.5. The summed E-state index contributed by atoms with van der Waals surface area (Å²) in [4.78, 5) is 14.4. The van der Waals surface area contributed by atoms with Crippen LogP contribution in [-0.2, 0) is 14.3 Å². The van der Waals surface area contributed by atoms with Crippen molar-refractivity contribution in [1.82, 2.24) is 10.2 Å². The van der Waals surface area contributed by atoms with Crippen LogP contribution in [0.3, 0.4) is 0 Å². The number of benzene rings is 1. The molecule has 2 rings (SSSR count). The van der Waals surface area contributed by atoms with Gasteiger partial charge in [-0.3, -0.25) is 0 Å². The topological polar surface area (TPSA) is 50.8 Å². The summed E-state index contributed by atoms with van der Waals surface area (Å²) < 4.78 is 11.2. The van der Waals surface area contributed by atoms with E-state index in [0.29, 0.717) is 17.3 Å². The standard InChI is InChI=1S/C17H21BrN2O3S/c1-10(9-22-3)20-11(2)14(16(21)23-4)15(19-17(20)24)12-7-5-6-8-13(12)18/h5-8,10,15H,9H2,1-4H3,(H,19,24)/t10-,15+/m1/s1. The van der Waals surface area contributed by atoms with E-state index in [4.69, 9.17) is 21.7 Å². The van der Waals surface area contributed by atoms with Crippen LogP contribution in [-0.4, -0.2) is 42.8 Å². The summed E-state index contributed by atoms with van der Waals surface area (Å²) in [6, 6.07) is 7.37. The maximum atomic E-state index is 12.5. The highest BCUT2D eigenvalue weighted by molar-refractivity contribution is 9.10. The summed E-state index contributed by atoms with van der Waals surface area (Å²) in [6.07, 6.45) is 0. The van der Waals surface area contributed by atoms with E-state index in [1.807, 2.05) is 43.0 Å². The summed E-state index contributed by atoms with van der Waals surface area (Å²) in [5, 5.41) is 3.83. The van der Waals surface area contributed by atoms with Crippen LogP contribution in [0.25, 0.3) is 0 Å². The van der Waals surface area contributed by atoms with Crippen molar-refractivity contribution in [2.45, 2.75) is 25.9 Å². The molecule has 0 saturated heterocycles. The summed E-state index contributed by atoms with van der Waals surface area (Å²) in [6.45, 7) is 4.37. The number of hydrogen-bond donors (Lipinski definition) is 1. The van der Waals surface area contributed by atoms with Crippen LogP contribution in [0.1, 0.15) is 25.5 Å². The minimum absolute atomic E-state index is 0.00480. The van der Waals surface area contributed by atoms with Crippen LogP contribution >= 0.6 is 28.1 Å². The number of allylic oxidation sites excluding steroid dienone is 1. The SMILES string of the molecule is COC[C@@H](C)N1C(=S)N[C@@H](c2ccccc2Br)C(C(=O)OC)=C1C. The van der Waals surface area contributed by atoms with Crippen LogP contribution in [0.15, 0.2) is 40.0 Å². The predicted octanol–water partition coefficient (Wildman–Crippen LogP) is 3.16. The first-order valence-electron chi connectivity index (χ1n) is 7.54. The molecule has 1 aromatic rings. The Morgan fingerprint density at radius 1 is 1.42 bits per heavy atom. The number of thiocarbonyl (C=S) groups is 1. The zero-order valence-electron chi connectivity index (χ0n) is 14.1. The van der Waals surface area contributed by atoms with Crippen LogP contribution in [0.2, 0.25) is 0 Å². The fraction of sp³-hybridized carbons (Fsp3) is 0.412. The van der Waals surface area contributed by atoms with Gasteiger partial charge in [-0.2, -0.15) is 0 Å². The van der Waals surface area contributed by atoms with Gasteiger partial charge in [0.1, 0.15) is 0 Å². The second-order valence-corrected chi connectivity index (χ2v) is 6.81. The quantitative estimate of drug-likeness (QED) is 0.591. The van der Waals surface area contributed by atoms with Gasteiger partial charge in [-0.25, -0.2) is 4.79 Å². The van der Waals surface area contributed by atoms with Crippen molar-refractivity contribution in [2.75, 3.05) is 20.8 Å². The van der Waals surface area contributed by atoms with Crippen molar-refractivity contribution in [3.63, 3.8) is 0 Å². The van der Waals surface area contributed by atoms with E-state index in [-0.39, 0.29) is 18.1 Å². The molecule has 0 aromatic heterocycles. The van der Waals surface area contributed by atoms with Gasteiger partial charge in [-0.15, -0.1) is 0 Å². The van der Waals surface area contributed by atoms with E-state index in [2.05, 4.69) is 21.2 Å². The lowest BCUT2D eigenvalue weighted by atomic mass is 9.94. The molecule has 1 aliphatic rings. The smallest absolute Gasteiger partial charge is 0.337 e. The number of methoxy groups -OCH3 is 2. The van der Waals surface area contributed by atoms with Crippen LogP contribution in [0, 0.1) is 0 Å². The fourth-order valence-electron chi connectivity index (χ4n) is 2.92. The number of rotatable bonds is 5. The Morgan fingerprint density at radius 2 is 2.08 bits per heavy atom. The molecule has 1 heterocycles. The lowest BCUT2D eigenvalue weighted by molar-refractivity contribution is -0.136. The molecule has 1 N–H and O–H groups in total. The second-order valence-electron chi connectivity index (χ2n) is 5.57. The molecule has 1 aromatic carbocycles. The van der Waals surface area contributed by atoms with Crippen molar-refractivity contribution >= 4 is 39.2 Å². The molecule has 0 spiro atoms. The van der Waals surface area contributed by atoms with Crippen LogP contribution in [0.4, 0.5) is 0 Å². The number of carbonyl (C=O) groups excluding carboxylic acids is 1. The molecular weight excluding hydrogens is 392 g/mol. The number of esters is 1. The monoisotopic (exact) mass is 412 g/mol. The first-order chi connectivity index (χ1) is 11.4. The number of hydrogen-bond acceptors (Lipinski definition) is 4. The van der Waals surface area contributed by atoms with Crippen molar-refractivity contribution in [3.8, 4) is 0 Å². The molecule has 0 fully saturated rings. The van der Waals surface area contributed by atoms with Crippen molar-refractivity contribution in [2.24, 2.45) is 0 Å². The largest absolute Gasteiger partial charge is 0.466 e. The zero-order valence-corrected chi connectivity index (χ0v) is 16.5. The van der Waals surface area contributed by atoms with Crippen LogP contribution in [0.5, 0.6) is 0 Å². The number of nitrogens with one attached hydrogen (secondary N) is 1. The fourth-order valence-corrected chi connectivity index (χ4v) is 3.87. The molecule has 5 nitrogen and oxygen atoms in total. The second kappa shape index (κ2) is 8.09. The Morgan fingerprint density at radius 3 is 2.67 bits per heavy atom. The molecule has 130 valence electrons. The van der Waals surface area contributed by atoms with E-state index in [0.717, 1.165) is 15.7 Å². The normalized spacial score (nSPS) is 19.1. The van der Waals surface area contributed by atoms with E-state index in [1.165, 1.54) is 7.11 Å². The van der Waals surface area contributed by atoms with E-state index < -0.39 is 0 Å². The summed E-state index contributed by atoms with van der Waals surface area (Å²) in [5.41, 5.74) is 2.25. The third kappa shape index (κ3) is 3.63. The van der Waals surface area contributed by atoms with Crippen LogP contribution < -0.4 is 5.32 Å². The highest BCUT2D eigenvalue weighted by atomic mass is 79.9. The molecule has 2 atom stereocenters. The summed E-state index contributed by atoms with van der Waals surface area (Å²) in [5.74, 6) is -0.377. The Kier molecular flexibility index (Phi) is 6.37. The minimum Gasteiger partial charge on any atom is -0.466 e. The van der Waals surface area contributed by atoms with Gasteiger partial charge in [-0.05, 0) is 37.7 Å².